The van der Waals surface area contributed by atoms with Crippen molar-refractivity contribution in [1.29, 1.82) is 0 Å². The van der Waals surface area contributed by atoms with Crippen LogP contribution in [0.2, 0.25) is 0 Å². The molecule has 3 rings (SSSR count). The van der Waals surface area contributed by atoms with Gasteiger partial charge in [0.1, 0.15) is 5.75 Å². The topological polar surface area (TPSA) is 76.1 Å². The highest BCUT2D eigenvalue weighted by atomic mass is 19.3. The molecule has 1 atom stereocenters. The molecule has 1 saturated heterocycles. The van der Waals surface area contributed by atoms with E-state index in [-0.39, 0.29) is 6.01 Å². The predicted octanol–water partition coefficient (Wildman–Crippen LogP) is 2.51. The molecule has 1 unspecified atom stereocenters. The highest BCUT2D eigenvalue weighted by Crippen LogP contribution is 2.26. The first-order valence-corrected chi connectivity index (χ1v) is 7.41. The van der Waals surface area contributed by atoms with E-state index in [0.717, 1.165) is 5.69 Å². The summed E-state index contributed by atoms with van der Waals surface area (Å²) in [5.74, 6) is -2.82. The molecule has 1 aromatic heterocycles. The number of alkyl halides is 2. The fourth-order valence-electron chi connectivity index (χ4n) is 2.32. The van der Waals surface area contributed by atoms with Gasteiger partial charge in [-0.15, -0.1) is 0 Å². The molecule has 0 aliphatic carbocycles. The second-order valence-electron chi connectivity index (χ2n) is 5.59. The number of ether oxygens (including phenoxy) is 1. The molecule has 126 valence electrons. The first-order chi connectivity index (χ1) is 11.4. The SMILES string of the molecule is Cc1ccnc(Oc2ccc(NC(=O)C3CC(F)(F)CN3)cc2)n1. The average molecular weight is 334 g/mol. The number of benzene rings is 1. The molecule has 1 amide bonds. The molecule has 8 heteroatoms. The van der Waals surface area contributed by atoms with Crippen molar-refractivity contribution in [2.75, 3.05) is 11.9 Å². The monoisotopic (exact) mass is 334 g/mol. The number of hydrogen-bond acceptors (Lipinski definition) is 5. The van der Waals surface area contributed by atoms with Crippen LogP contribution in [0, 0.1) is 6.92 Å². The summed E-state index contributed by atoms with van der Waals surface area (Å²) in [6.45, 7) is 1.35. The minimum atomic E-state index is -2.84. The number of halogens is 2. The van der Waals surface area contributed by atoms with Crippen molar-refractivity contribution >= 4 is 11.6 Å². The Hall–Kier alpha value is -2.61. The minimum Gasteiger partial charge on any atom is -0.424 e. The summed E-state index contributed by atoms with van der Waals surface area (Å²) in [5.41, 5.74) is 1.28. The van der Waals surface area contributed by atoms with Crippen LogP contribution in [0.4, 0.5) is 14.5 Å². The van der Waals surface area contributed by atoms with Crippen LogP contribution >= 0.6 is 0 Å². The number of rotatable bonds is 4. The lowest BCUT2D eigenvalue weighted by atomic mass is 10.2. The van der Waals surface area contributed by atoms with Crippen LogP contribution in [-0.2, 0) is 4.79 Å². The number of carbonyl (C=O) groups is 1. The van der Waals surface area contributed by atoms with E-state index in [0.29, 0.717) is 11.4 Å². The van der Waals surface area contributed by atoms with E-state index in [9.17, 15) is 13.6 Å². The average Bonchev–Trinajstić information content (AvgIpc) is 2.90. The van der Waals surface area contributed by atoms with Gasteiger partial charge in [0.05, 0.1) is 12.6 Å². The summed E-state index contributed by atoms with van der Waals surface area (Å²) >= 11 is 0. The van der Waals surface area contributed by atoms with E-state index < -0.39 is 30.8 Å². The highest BCUT2D eigenvalue weighted by Gasteiger charge is 2.42. The van der Waals surface area contributed by atoms with Crippen LogP contribution < -0.4 is 15.4 Å². The van der Waals surface area contributed by atoms with E-state index in [4.69, 9.17) is 4.74 Å². The van der Waals surface area contributed by atoms with Crippen molar-refractivity contribution in [3.8, 4) is 11.8 Å². The van der Waals surface area contributed by atoms with Gasteiger partial charge in [0.2, 0.25) is 5.91 Å². The van der Waals surface area contributed by atoms with Crippen LogP contribution in [0.3, 0.4) is 0 Å². The summed E-state index contributed by atoms with van der Waals surface area (Å²) in [7, 11) is 0. The molecule has 1 fully saturated rings. The number of aryl methyl sites for hydroxylation is 1. The van der Waals surface area contributed by atoms with Gasteiger partial charge in [-0.25, -0.2) is 18.7 Å². The minimum absolute atomic E-state index is 0.226. The van der Waals surface area contributed by atoms with Crippen molar-refractivity contribution in [2.45, 2.75) is 25.3 Å². The van der Waals surface area contributed by atoms with Crippen LogP contribution in [0.15, 0.2) is 36.5 Å². The molecule has 1 aliphatic heterocycles. The van der Waals surface area contributed by atoms with Gasteiger partial charge in [0.15, 0.2) is 0 Å². The van der Waals surface area contributed by atoms with E-state index >= 15 is 0 Å². The number of anilines is 1. The summed E-state index contributed by atoms with van der Waals surface area (Å²) in [6.07, 6.45) is 1.10. The Balaban J connectivity index is 1.59. The standard InChI is InChI=1S/C16H16F2N4O2/c1-10-6-7-19-15(21-10)24-12-4-2-11(3-5-12)22-14(23)13-8-16(17,18)9-20-13/h2-7,13,20H,8-9H2,1H3,(H,22,23). The van der Waals surface area contributed by atoms with Gasteiger partial charge in [-0.1, -0.05) is 0 Å². The summed E-state index contributed by atoms with van der Waals surface area (Å²) in [5, 5.41) is 5.11. The van der Waals surface area contributed by atoms with Gasteiger partial charge >= 0.3 is 6.01 Å². The lowest BCUT2D eigenvalue weighted by molar-refractivity contribution is -0.118. The third-order valence-electron chi connectivity index (χ3n) is 3.53. The van der Waals surface area contributed by atoms with E-state index in [1.54, 1.807) is 36.5 Å². The van der Waals surface area contributed by atoms with Crippen LogP contribution in [0.1, 0.15) is 12.1 Å². The predicted molar refractivity (Wildman–Crippen MR) is 83.3 cm³/mol. The highest BCUT2D eigenvalue weighted by molar-refractivity contribution is 5.95. The fourth-order valence-corrected chi connectivity index (χ4v) is 2.32. The van der Waals surface area contributed by atoms with Crippen molar-refractivity contribution in [3.05, 3.63) is 42.2 Å². The number of hydrogen-bond donors (Lipinski definition) is 2. The Kier molecular flexibility index (Phi) is 4.39. The Morgan fingerprint density at radius 3 is 2.71 bits per heavy atom. The maximum atomic E-state index is 13.1. The molecule has 0 spiro atoms. The molecule has 0 saturated carbocycles. The van der Waals surface area contributed by atoms with Gasteiger partial charge < -0.3 is 10.1 Å². The maximum absolute atomic E-state index is 13.1. The zero-order chi connectivity index (χ0) is 17.2. The summed E-state index contributed by atoms with van der Waals surface area (Å²) in [6, 6.07) is 7.61. The molecule has 0 bridgehead atoms. The normalized spacial score (nSPS) is 19.0. The fraction of sp³-hybridized carbons (Fsp3) is 0.312. The van der Waals surface area contributed by atoms with Crippen molar-refractivity contribution in [2.24, 2.45) is 0 Å². The van der Waals surface area contributed by atoms with Gasteiger partial charge in [-0.3, -0.25) is 10.1 Å². The Labute approximate surface area is 137 Å². The Morgan fingerprint density at radius 2 is 2.08 bits per heavy atom. The number of nitrogens with zero attached hydrogens (tertiary/aromatic N) is 2. The largest absolute Gasteiger partial charge is 0.424 e. The lowest BCUT2D eigenvalue weighted by Crippen LogP contribution is -2.35. The second kappa shape index (κ2) is 6.48. The van der Waals surface area contributed by atoms with Gasteiger partial charge in [0, 0.05) is 24.0 Å². The maximum Gasteiger partial charge on any atom is 0.322 e. The molecule has 1 aliphatic rings. The van der Waals surface area contributed by atoms with Gasteiger partial charge in [-0.2, -0.15) is 0 Å². The van der Waals surface area contributed by atoms with E-state index in [2.05, 4.69) is 20.6 Å². The Morgan fingerprint density at radius 1 is 1.33 bits per heavy atom. The molecule has 2 heterocycles. The first-order valence-electron chi connectivity index (χ1n) is 7.41. The van der Waals surface area contributed by atoms with Crippen LogP contribution in [-0.4, -0.2) is 34.4 Å². The van der Waals surface area contributed by atoms with Crippen LogP contribution in [0.5, 0.6) is 11.8 Å². The van der Waals surface area contributed by atoms with E-state index in [1.165, 1.54) is 0 Å². The third kappa shape index (κ3) is 4.02. The second-order valence-corrected chi connectivity index (χ2v) is 5.59. The summed E-state index contributed by atoms with van der Waals surface area (Å²) < 4.78 is 31.7. The third-order valence-corrected chi connectivity index (χ3v) is 3.53. The zero-order valence-electron chi connectivity index (χ0n) is 12.9. The number of aromatic nitrogens is 2. The molecule has 2 aromatic rings. The molecule has 24 heavy (non-hydrogen) atoms. The first kappa shape index (κ1) is 16.3. The lowest BCUT2D eigenvalue weighted by Gasteiger charge is -2.11. The van der Waals surface area contributed by atoms with Crippen LogP contribution in [0.25, 0.3) is 0 Å². The van der Waals surface area contributed by atoms with Gasteiger partial charge in [0.25, 0.3) is 5.92 Å². The number of amides is 1. The molecule has 1 aromatic carbocycles. The number of carbonyl (C=O) groups excluding carboxylic acids is 1. The molecular weight excluding hydrogens is 318 g/mol. The molecular formula is C16H16F2N4O2. The Bertz CT molecular complexity index is 737. The quantitative estimate of drug-likeness (QED) is 0.898. The smallest absolute Gasteiger partial charge is 0.322 e. The molecule has 0 radical (unpaired) electrons. The molecule has 2 N–H and O–H groups in total. The zero-order valence-corrected chi connectivity index (χ0v) is 12.9. The van der Waals surface area contributed by atoms with Crippen molar-refractivity contribution in [3.63, 3.8) is 0 Å². The van der Waals surface area contributed by atoms with Crippen molar-refractivity contribution < 1.29 is 18.3 Å². The summed E-state index contributed by atoms with van der Waals surface area (Å²) in [4.78, 5) is 20.1. The van der Waals surface area contributed by atoms with E-state index in [1.807, 2.05) is 6.92 Å². The van der Waals surface area contributed by atoms with Crippen molar-refractivity contribution in [1.82, 2.24) is 15.3 Å². The van der Waals surface area contributed by atoms with Gasteiger partial charge in [-0.05, 0) is 37.3 Å². The number of nitrogens with one attached hydrogen (secondary N) is 2. The molecule has 6 nitrogen and oxygen atoms in total.